The molecule has 78 valence electrons. The molecule has 0 radical (unpaired) electrons. The lowest BCUT2D eigenvalue weighted by atomic mass is 9.89. The predicted octanol–water partition coefficient (Wildman–Crippen LogP) is 0.608. The maximum atomic E-state index is 10.3. The molecule has 0 aromatic carbocycles. The minimum atomic E-state index is -0.863. The molecule has 1 heterocycles. The molecule has 1 saturated carbocycles. The number of aryl methyl sites for hydroxylation is 1. The zero-order valence-electron chi connectivity index (χ0n) is 8.86. The van der Waals surface area contributed by atoms with E-state index < -0.39 is 5.60 Å². The molecule has 1 atom stereocenters. The molecule has 2 rings (SSSR count). The number of aromatic nitrogens is 4. The third-order valence-corrected chi connectivity index (χ3v) is 2.91. The van der Waals surface area contributed by atoms with Crippen LogP contribution in [0.5, 0.6) is 0 Å². The molecule has 0 bridgehead atoms. The van der Waals surface area contributed by atoms with Crippen molar-refractivity contribution in [2.45, 2.75) is 38.7 Å². The first kappa shape index (κ1) is 9.58. The van der Waals surface area contributed by atoms with E-state index in [0.29, 0.717) is 12.2 Å². The summed E-state index contributed by atoms with van der Waals surface area (Å²) in [6.07, 6.45) is 2.44. The monoisotopic (exact) mass is 196 g/mol. The highest BCUT2D eigenvalue weighted by atomic mass is 16.3. The summed E-state index contributed by atoms with van der Waals surface area (Å²) in [5, 5.41) is 22.0. The number of tetrazole rings is 1. The van der Waals surface area contributed by atoms with Gasteiger partial charge in [-0.15, -0.1) is 10.2 Å². The van der Waals surface area contributed by atoms with E-state index in [1.54, 1.807) is 7.05 Å². The minimum Gasteiger partial charge on any atom is -0.382 e. The highest BCUT2D eigenvalue weighted by molar-refractivity contribution is 5.04. The summed E-state index contributed by atoms with van der Waals surface area (Å²) >= 11 is 0. The molecule has 0 saturated heterocycles. The van der Waals surface area contributed by atoms with Crippen LogP contribution in [0.2, 0.25) is 0 Å². The van der Waals surface area contributed by atoms with Crippen molar-refractivity contribution in [2.75, 3.05) is 0 Å². The molecule has 0 amide bonds. The Balaban J connectivity index is 2.27. The molecule has 5 nitrogen and oxygen atoms in total. The Morgan fingerprint density at radius 2 is 2.07 bits per heavy atom. The van der Waals surface area contributed by atoms with Crippen molar-refractivity contribution >= 4 is 0 Å². The smallest absolute Gasteiger partial charge is 0.206 e. The highest BCUT2D eigenvalue weighted by Crippen LogP contribution is 2.47. The highest BCUT2D eigenvalue weighted by Gasteiger charge is 2.45. The van der Waals surface area contributed by atoms with E-state index in [9.17, 15) is 5.11 Å². The normalized spacial score (nSPS) is 30.9. The van der Waals surface area contributed by atoms with Crippen LogP contribution in [0.25, 0.3) is 0 Å². The summed E-state index contributed by atoms with van der Waals surface area (Å²) in [4.78, 5) is 1.39. The van der Waals surface area contributed by atoms with E-state index in [0.717, 1.165) is 12.8 Å². The fourth-order valence-electron chi connectivity index (χ4n) is 2.17. The summed E-state index contributed by atoms with van der Waals surface area (Å²) in [7, 11) is 1.71. The van der Waals surface area contributed by atoms with Crippen molar-refractivity contribution in [1.82, 2.24) is 20.2 Å². The second-order valence-electron chi connectivity index (χ2n) is 4.98. The summed E-state index contributed by atoms with van der Waals surface area (Å²) in [5.41, 5.74) is -0.689. The van der Waals surface area contributed by atoms with E-state index in [1.807, 2.05) is 0 Å². The third-order valence-electron chi connectivity index (χ3n) is 2.91. The molecule has 1 fully saturated rings. The molecular formula is C9H16N4O. The van der Waals surface area contributed by atoms with Crippen LogP contribution in [-0.4, -0.2) is 25.3 Å². The molecule has 14 heavy (non-hydrogen) atoms. The number of aliphatic hydroxyl groups is 1. The zero-order valence-corrected chi connectivity index (χ0v) is 8.86. The molecular weight excluding hydrogens is 180 g/mol. The lowest BCUT2D eigenvalue weighted by Gasteiger charge is -2.21. The fraction of sp³-hybridized carbons (Fsp3) is 0.889. The molecule has 0 aliphatic heterocycles. The SMILES string of the molecule is Cn1nnc(C2(O)CCC(C)(C)C2)n1. The summed E-state index contributed by atoms with van der Waals surface area (Å²) < 4.78 is 0. The van der Waals surface area contributed by atoms with Gasteiger partial charge in [-0.2, -0.15) is 4.80 Å². The van der Waals surface area contributed by atoms with Crippen LogP contribution in [0.1, 0.15) is 38.9 Å². The van der Waals surface area contributed by atoms with Gasteiger partial charge in [0.1, 0.15) is 5.60 Å². The predicted molar refractivity (Wildman–Crippen MR) is 50.3 cm³/mol. The number of hydrogen-bond acceptors (Lipinski definition) is 4. The lowest BCUT2D eigenvalue weighted by molar-refractivity contribution is 0.0245. The Morgan fingerprint density at radius 1 is 1.36 bits per heavy atom. The van der Waals surface area contributed by atoms with Crippen LogP contribution >= 0.6 is 0 Å². The van der Waals surface area contributed by atoms with Gasteiger partial charge >= 0.3 is 0 Å². The summed E-state index contributed by atoms with van der Waals surface area (Å²) in [6, 6.07) is 0. The number of nitrogens with zero attached hydrogens (tertiary/aromatic N) is 4. The Labute approximate surface area is 83.1 Å². The van der Waals surface area contributed by atoms with Crippen LogP contribution in [0.4, 0.5) is 0 Å². The van der Waals surface area contributed by atoms with Gasteiger partial charge in [0.05, 0.1) is 7.05 Å². The van der Waals surface area contributed by atoms with Gasteiger partial charge in [-0.05, 0) is 29.9 Å². The first-order valence-corrected chi connectivity index (χ1v) is 4.88. The average molecular weight is 196 g/mol. The van der Waals surface area contributed by atoms with Crippen molar-refractivity contribution in [3.63, 3.8) is 0 Å². The molecule has 1 N–H and O–H groups in total. The first-order chi connectivity index (χ1) is 6.41. The van der Waals surface area contributed by atoms with Crippen LogP contribution in [0, 0.1) is 5.41 Å². The van der Waals surface area contributed by atoms with Crippen LogP contribution in [0.3, 0.4) is 0 Å². The molecule has 1 aliphatic carbocycles. The maximum Gasteiger partial charge on any atom is 0.206 e. The lowest BCUT2D eigenvalue weighted by Crippen LogP contribution is -2.25. The molecule has 1 aromatic heterocycles. The van der Waals surface area contributed by atoms with Gasteiger partial charge in [0, 0.05) is 0 Å². The van der Waals surface area contributed by atoms with Crippen LogP contribution in [-0.2, 0) is 12.6 Å². The fourth-order valence-corrected chi connectivity index (χ4v) is 2.17. The zero-order chi connectivity index (χ0) is 10.4. The first-order valence-electron chi connectivity index (χ1n) is 4.88. The third kappa shape index (κ3) is 1.52. The second kappa shape index (κ2) is 2.76. The topological polar surface area (TPSA) is 63.8 Å². The van der Waals surface area contributed by atoms with Gasteiger partial charge in [-0.3, -0.25) is 0 Å². The van der Waals surface area contributed by atoms with Gasteiger partial charge in [-0.1, -0.05) is 13.8 Å². The van der Waals surface area contributed by atoms with Crippen molar-refractivity contribution in [3.05, 3.63) is 5.82 Å². The van der Waals surface area contributed by atoms with Crippen LogP contribution < -0.4 is 0 Å². The standard InChI is InChI=1S/C9H16N4O/c1-8(2)4-5-9(14,6-8)7-10-12-13(3)11-7/h14H,4-6H2,1-3H3. The number of hydrogen-bond donors (Lipinski definition) is 1. The second-order valence-corrected chi connectivity index (χ2v) is 4.98. The average Bonchev–Trinajstić information content (AvgIpc) is 2.57. The summed E-state index contributed by atoms with van der Waals surface area (Å²) in [6.45, 7) is 4.31. The van der Waals surface area contributed by atoms with Gasteiger partial charge < -0.3 is 5.11 Å². The Kier molecular flexibility index (Phi) is 1.89. The maximum absolute atomic E-state index is 10.3. The minimum absolute atomic E-state index is 0.175. The van der Waals surface area contributed by atoms with Crippen LogP contribution in [0.15, 0.2) is 0 Å². The Hall–Kier alpha value is -0.970. The quantitative estimate of drug-likeness (QED) is 0.714. The van der Waals surface area contributed by atoms with Gasteiger partial charge in [0.15, 0.2) is 0 Å². The van der Waals surface area contributed by atoms with Gasteiger partial charge in [-0.25, -0.2) is 0 Å². The molecule has 1 unspecified atom stereocenters. The van der Waals surface area contributed by atoms with E-state index in [2.05, 4.69) is 29.3 Å². The molecule has 0 spiro atoms. The van der Waals surface area contributed by atoms with Crippen molar-refractivity contribution in [2.24, 2.45) is 12.5 Å². The molecule has 1 aliphatic rings. The van der Waals surface area contributed by atoms with E-state index in [4.69, 9.17) is 0 Å². The van der Waals surface area contributed by atoms with E-state index in [1.165, 1.54) is 4.80 Å². The number of rotatable bonds is 1. The molecule has 1 aromatic rings. The van der Waals surface area contributed by atoms with Gasteiger partial charge in [0.25, 0.3) is 0 Å². The molecule has 5 heteroatoms. The van der Waals surface area contributed by atoms with Crippen molar-refractivity contribution in [1.29, 1.82) is 0 Å². The largest absolute Gasteiger partial charge is 0.382 e. The Bertz CT molecular complexity index is 346. The van der Waals surface area contributed by atoms with E-state index in [-0.39, 0.29) is 5.41 Å². The van der Waals surface area contributed by atoms with Crippen molar-refractivity contribution in [3.8, 4) is 0 Å². The summed E-state index contributed by atoms with van der Waals surface area (Å²) in [5.74, 6) is 0.463. The van der Waals surface area contributed by atoms with E-state index >= 15 is 0 Å². The van der Waals surface area contributed by atoms with Gasteiger partial charge in [0.2, 0.25) is 5.82 Å². The Morgan fingerprint density at radius 3 is 2.50 bits per heavy atom. The van der Waals surface area contributed by atoms with Crippen molar-refractivity contribution < 1.29 is 5.11 Å².